The van der Waals surface area contributed by atoms with Gasteiger partial charge in [0.25, 0.3) is 0 Å². The van der Waals surface area contributed by atoms with Crippen LogP contribution in [0, 0.1) is 5.92 Å². The van der Waals surface area contributed by atoms with Gasteiger partial charge in [-0.15, -0.1) is 11.8 Å². The van der Waals surface area contributed by atoms with Crippen molar-refractivity contribution in [2.45, 2.75) is 24.8 Å². The van der Waals surface area contributed by atoms with Gasteiger partial charge in [-0.3, -0.25) is 4.79 Å². The SMILES string of the molecule is CSc1cc(NCC(C)CCC(=O)O)ncn1. The van der Waals surface area contributed by atoms with Gasteiger partial charge in [0.05, 0.1) is 0 Å². The highest BCUT2D eigenvalue weighted by molar-refractivity contribution is 7.98. The molecule has 1 aromatic heterocycles. The maximum absolute atomic E-state index is 10.4. The summed E-state index contributed by atoms with van der Waals surface area (Å²) in [6.07, 6.45) is 4.36. The number of carboxylic acid groups (broad SMARTS) is 1. The first-order chi connectivity index (χ1) is 8.11. The van der Waals surface area contributed by atoms with Crippen molar-refractivity contribution in [2.75, 3.05) is 18.1 Å². The first kappa shape index (κ1) is 13.8. The molecule has 0 aliphatic carbocycles. The summed E-state index contributed by atoms with van der Waals surface area (Å²) in [6.45, 7) is 2.74. The third kappa shape index (κ3) is 5.53. The van der Waals surface area contributed by atoms with Crippen molar-refractivity contribution in [1.82, 2.24) is 9.97 Å². The number of nitrogens with zero attached hydrogens (tertiary/aromatic N) is 2. The second kappa shape index (κ2) is 7.11. The van der Waals surface area contributed by atoms with E-state index in [1.165, 1.54) is 6.33 Å². The molecule has 1 atom stereocenters. The Morgan fingerprint density at radius 1 is 1.59 bits per heavy atom. The Labute approximate surface area is 105 Å². The van der Waals surface area contributed by atoms with Gasteiger partial charge in [-0.2, -0.15) is 0 Å². The van der Waals surface area contributed by atoms with Gasteiger partial charge >= 0.3 is 5.97 Å². The summed E-state index contributed by atoms with van der Waals surface area (Å²) in [5, 5.41) is 12.7. The number of aromatic nitrogens is 2. The van der Waals surface area contributed by atoms with E-state index in [1.54, 1.807) is 11.8 Å². The molecule has 0 fully saturated rings. The van der Waals surface area contributed by atoms with Crippen molar-refractivity contribution in [3.8, 4) is 0 Å². The van der Waals surface area contributed by atoms with Gasteiger partial charge in [-0.1, -0.05) is 6.92 Å². The number of aliphatic carboxylic acids is 1. The smallest absolute Gasteiger partial charge is 0.303 e. The van der Waals surface area contributed by atoms with E-state index in [1.807, 2.05) is 19.2 Å². The zero-order valence-corrected chi connectivity index (χ0v) is 10.8. The summed E-state index contributed by atoms with van der Waals surface area (Å²) < 4.78 is 0. The minimum atomic E-state index is -0.747. The average molecular weight is 255 g/mol. The summed E-state index contributed by atoms with van der Waals surface area (Å²) in [5.41, 5.74) is 0. The van der Waals surface area contributed by atoms with Gasteiger partial charge < -0.3 is 10.4 Å². The van der Waals surface area contributed by atoms with Crippen LogP contribution < -0.4 is 5.32 Å². The van der Waals surface area contributed by atoms with Crippen LogP contribution in [0.25, 0.3) is 0 Å². The topological polar surface area (TPSA) is 75.1 Å². The molecule has 0 saturated heterocycles. The lowest BCUT2D eigenvalue weighted by molar-refractivity contribution is -0.137. The molecule has 94 valence electrons. The van der Waals surface area contributed by atoms with Gasteiger partial charge in [-0.05, 0) is 18.6 Å². The van der Waals surface area contributed by atoms with E-state index in [2.05, 4.69) is 15.3 Å². The second-order valence-corrected chi connectivity index (χ2v) is 4.69. The van der Waals surface area contributed by atoms with Crippen LogP contribution in [0.5, 0.6) is 0 Å². The third-order valence-electron chi connectivity index (χ3n) is 2.33. The molecule has 1 unspecified atom stereocenters. The normalized spacial score (nSPS) is 12.1. The molecule has 0 amide bonds. The zero-order chi connectivity index (χ0) is 12.7. The van der Waals surface area contributed by atoms with Crippen LogP contribution in [0.15, 0.2) is 17.4 Å². The van der Waals surface area contributed by atoms with Crippen LogP contribution in [0.3, 0.4) is 0 Å². The highest BCUT2D eigenvalue weighted by Crippen LogP contribution is 2.14. The van der Waals surface area contributed by atoms with Crippen LogP contribution in [-0.4, -0.2) is 33.8 Å². The number of anilines is 1. The van der Waals surface area contributed by atoms with Crippen molar-refractivity contribution in [2.24, 2.45) is 5.92 Å². The summed E-state index contributed by atoms with van der Waals surface area (Å²) in [7, 11) is 0. The lowest BCUT2D eigenvalue weighted by Gasteiger charge is -2.11. The van der Waals surface area contributed by atoms with Crippen molar-refractivity contribution in [3.05, 3.63) is 12.4 Å². The van der Waals surface area contributed by atoms with E-state index in [0.717, 1.165) is 17.4 Å². The van der Waals surface area contributed by atoms with Crippen molar-refractivity contribution in [3.63, 3.8) is 0 Å². The fourth-order valence-electron chi connectivity index (χ4n) is 1.30. The number of nitrogens with one attached hydrogen (secondary N) is 1. The second-order valence-electron chi connectivity index (χ2n) is 3.86. The van der Waals surface area contributed by atoms with E-state index in [9.17, 15) is 4.79 Å². The molecule has 0 aliphatic rings. The molecular formula is C11H17N3O2S. The molecule has 5 nitrogen and oxygen atoms in total. The van der Waals surface area contributed by atoms with Gasteiger partial charge in [0, 0.05) is 19.0 Å². The predicted molar refractivity (Wildman–Crippen MR) is 68.3 cm³/mol. The number of thioether (sulfide) groups is 1. The Balaban J connectivity index is 2.36. The van der Waals surface area contributed by atoms with E-state index >= 15 is 0 Å². The molecule has 2 N–H and O–H groups in total. The monoisotopic (exact) mass is 255 g/mol. The molecule has 0 saturated carbocycles. The summed E-state index contributed by atoms with van der Waals surface area (Å²) >= 11 is 1.56. The summed E-state index contributed by atoms with van der Waals surface area (Å²) in [5.74, 6) is 0.342. The minimum absolute atomic E-state index is 0.211. The van der Waals surface area contributed by atoms with Crippen molar-refractivity contribution < 1.29 is 9.90 Å². The molecule has 0 radical (unpaired) electrons. The Hall–Kier alpha value is -1.30. The lowest BCUT2D eigenvalue weighted by Crippen LogP contribution is -2.13. The zero-order valence-electron chi connectivity index (χ0n) is 10.0. The van der Waals surface area contributed by atoms with E-state index in [4.69, 9.17) is 5.11 Å². The third-order valence-corrected chi connectivity index (χ3v) is 2.98. The highest BCUT2D eigenvalue weighted by atomic mass is 32.2. The largest absolute Gasteiger partial charge is 0.481 e. The molecule has 1 heterocycles. The number of hydrogen-bond acceptors (Lipinski definition) is 5. The lowest BCUT2D eigenvalue weighted by atomic mass is 10.1. The van der Waals surface area contributed by atoms with E-state index in [-0.39, 0.29) is 6.42 Å². The van der Waals surface area contributed by atoms with Crippen LogP contribution in [-0.2, 0) is 4.79 Å². The number of rotatable bonds is 7. The number of hydrogen-bond donors (Lipinski definition) is 2. The quantitative estimate of drug-likeness (QED) is 0.574. The molecular weight excluding hydrogens is 238 g/mol. The fourth-order valence-corrected chi connectivity index (χ4v) is 1.68. The van der Waals surface area contributed by atoms with E-state index < -0.39 is 5.97 Å². The first-order valence-corrected chi connectivity index (χ1v) is 6.66. The standard InChI is InChI=1S/C11H17N3O2S/c1-8(3-4-11(15)16)6-12-9-5-10(17-2)14-7-13-9/h5,7-8H,3-4,6H2,1-2H3,(H,15,16)(H,12,13,14). The Kier molecular flexibility index (Phi) is 5.76. The Morgan fingerprint density at radius 3 is 3.00 bits per heavy atom. The molecule has 0 aromatic carbocycles. The molecule has 0 bridgehead atoms. The maximum Gasteiger partial charge on any atom is 0.303 e. The van der Waals surface area contributed by atoms with Gasteiger partial charge in [-0.25, -0.2) is 9.97 Å². The fraction of sp³-hybridized carbons (Fsp3) is 0.545. The molecule has 0 aliphatic heterocycles. The molecule has 1 rings (SSSR count). The average Bonchev–Trinajstić information content (AvgIpc) is 2.34. The molecule has 6 heteroatoms. The van der Waals surface area contributed by atoms with Gasteiger partial charge in [0.1, 0.15) is 17.2 Å². The van der Waals surface area contributed by atoms with Crippen LogP contribution in [0.4, 0.5) is 5.82 Å². The number of carbonyl (C=O) groups is 1. The minimum Gasteiger partial charge on any atom is -0.481 e. The Morgan fingerprint density at radius 2 is 2.35 bits per heavy atom. The maximum atomic E-state index is 10.4. The van der Waals surface area contributed by atoms with Crippen LogP contribution in [0.2, 0.25) is 0 Å². The predicted octanol–water partition coefficient (Wildman–Crippen LogP) is 2.11. The summed E-state index contributed by atoms with van der Waals surface area (Å²) in [6, 6.07) is 1.88. The molecule has 1 aromatic rings. The highest BCUT2D eigenvalue weighted by Gasteiger charge is 2.06. The Bertz CT molecular complexity index is 373. The molecule has 0 spiro atoms. The van der Waals surface area contributed by atoms with Crippen LogP contribution in [0.1, 0.15) is 19.8 Å². The van der Waals surface area contributed by atoms with Gasteiger partial charge in [0.2, 0.25) is 0 Å². The van der Waals surface area contributed by atoms with Crippen molar-refractivity contribution in [1.29, 1.82) is 0 Å². The number of carboxylic acids is 1. The summed E-state index contributed by atoms with van der Waals surface area (Å²) in [4.78, 5) is 18.6. The molecule has 17 heavy (non-hydrogen) atoms. The first-order valence-electron chi connectivity index (χ1n) is 5.43. The van der Waals surface area contributed by atoms with E-state index in [0.29, 0.717) is 12.3 Å². The van der Waals surface area contributed by atoms with Crippen molar-refractivity contribution >= 4 is 23.5 Å². The van der Waals surface area contributed by atoms with Crippen LogP contribution >= 0.6 is 11.8 Å². The van der Waals surface area contributed by atoms with Gasteiger partial charge in [0.15, 0.2) is 0 Å².